The molecule has 2 nitrogen and oxygen atoms in total. The van der Waals surface area contributed by atoms with Gasteiger partial charge >= 0.3 is 0 Å². The van der Waals surface area contributed by atoms with E-state index in [0.29, 0.717) is 10.6 Å². The molecule has 0 bridgehead atoms. The Morgan fingerprint density at radius 2 is 2.00 bits per heavy atom. The van der Waals surface area contributed by atoms with Crippen molar-refractivity contribution in [3.63, 3.8) is 0 Å². The van der Waals surface area contributed by atoms with Crippen molar-refractivity contribution in [3.8, 4) is 6.07 Å². The zero-order chi connectivity index (χ0) is 8.97. The van der Waals surface area contributed by atoms with Gasteiger partial charge in [0.25, 0.3) is 0 Å². The molecule has 0 heterocycles. The van der Waals surface area contributed by atoms with Gasteiger partial charge in [-0.1, -0.05) is 24.4 Å². The lowest BCUT2D eigenvalue weighted by atomic mass is 10.1. The number of nitrogens with one attached hydrogen (secondary N) is 1. The molecular formula is C9H8N2S. The lowest BCUT2D eigenvalue weighted by molar-refractivity contribution is 1.20. The van der Waals surface area contributed by atoms with Gasteiger partial charge in [0.15, 0.2) is 0 Å². The molecule has 0 fully saturated rings. The fraction of sp³-hybridized carbons (Fsp3) is 0.111. The maximum atomic E-state index is 8.53. The summed E-state index contributed by atoms with van der Waals surface area (Å²) in [6.07, 6.45) is 0. The van der Waals surface area contributed by atoms with Crippen LogP contribution in [0.4, 0.5) is 0 Å². The van der Waals surface area contributed by atoms with E-state index in [-0.39, 0.29) is 0 Å². The van der Waals surface area contributed by atoms with E-state index in [1.165, 1.54) is 0 Å². The van der Waals surface area contributed by atoms with E-state index in [1.807, 2.05) is 18.2 Å². The van der Waals surface area contributed by atoms with Crippen LogP contribution in [-0.4, -0.2) is 12.0 Å². The average molecular weight is 176 g/mol. The van der Waals surface area contributed by atoms with Gasteiger partial charge in [-0.3, -0.25) is 0 Å². The first-order chi connectivity index (χ1) is 5.77. The minimum absolute atomic E-state index is 0.651. The predicted molar refractivity (Wildman–Crippen MR) is 51.9 cm³/mol. The van der Waals surface area contributed by atoms with Crippen molar-refractivity contribution in [1.82, 2.24) is 5.32 Å². The van der Waals surface area contributed by atoms with E-state index >= 15 is 0 Å². The van der Waals surface area contributed by atoms with Gasteiger partial charge < -0.3 is 5.32 Å². The summed E-state index contributed by atoms with van der Waals surface area (Å²) in [5, 5.41) is 11.4. The van der Waals surface area contributed by atoms with Crippen LogP contribution in [0.5, 0.6) is 0 Å². The third kappa shape index (κ3) is 1.80. The molecule has 0 radical (unpaired) electrons. The summed E-state index contributed by atoms with van der Waals surface area (Å²) in [5.41, 5.74) is 1.59. The zero-order valence-electron chi connectivity index (χ0n) is 6.66. The molecule has 1 aromatic rings. The molecule has 0 saturated heterocycles. The molecular weight excluding hydrogens is 168 g/mol. The number of nitriles is 1. The predicted octanol–water partition coefficient (Wildman–Crippen LogP) is 1.45. The van der Waals surface area contributed by atoms with Crippen LogP contribution in [0.15, 0.2) is 24.3 Å². The Labute approximate surface area is 76.8 Å². The molecule has 60 valence electrons. The van der Waals surface area contributed by atoms with Gasteiger partial charge in [0.2, 0.25) is 0 Å². The van der Waals surface area contributed by atoms with Crippen LogP contribution in [0.3, 0.4) is 0 Å². The standard InChI is InChI=1S/C9H8N2S/c1-11-9(12)8-4-2-7(6-10)3-5-8/h2-5H,1H3,(H,11,12). The topological polar surface area (TPSA) is 35.8 Å². The summed E-state index contributed by atoms with van der Waals surface area (Å²) < 4.78 is 0. The molecule has 0 aliphatic rings. The van der Waals surface area contributed by atoms with Gasteiger partial charge in [-0.05, 0) is 12.1 Å². The fourth-order valence-electron chi connectivity index (χ4n) is 0.840. The summed E-state index contributed by atoms with van der Waals surface area (Å²) in [6.45, 7) is 0. The Bertz CT molecular complexity index is 321. The number of rotatable bonds is 1. The molecule has 0 saturated carbocycles. The Morgan fingerprint density at radius 1 is 1.42 bits per heavy atom. The number of hydrogen-bond donors (Lipinski definition) is 1. The Kier molecular flexibility index (Phi) is 2.78. The molecule has 0 unspecified atom stereocenters. The summed E-state index contributed by atoms with van der Waals surface area (Å²) >= 11 is 5.01. The summed E-state index contributed by atoms with van der Waals surface area (Å²) in [5.74, 6) is 0. The maximum absolute atomic E-state index is 8.53. The van der Waals surface area contributed by atoms with Gasteiger partial charge in [0.05, 0.1) is 11.6 Å². The lowest BCUT2D eigenvalue weighted by Crippen LogP contribution is -2.16. The van der Waals surface area contributed by atoms with Crippen LogP contribution in [0.2, 0.25) is 0 Å². The van der Waals surface area contributed by atoms with Gasteiger partial charge in [-0.25, -0.2) is 0 Å². The SMILES string of the molecule is CNC(=S)c1ccc(C#N)cc1. The summed E-state index contributed by atoms with van der Waals surface area (Å²) in [6, 6.07) is 9.21. The Hall–Kier alpha value is -1.40. The fourth-order valence-corrected chi connectivity index (χ4v) is 0.977. The molecule has 3 heteroatoms. The van der Waals surface area contributed by atoms with E-state index in [2.05, 4.69) is 5.32 Å². The van der Waals surface area contributed by atoms with Crippen LogP contribution in [-0.2, 0) is 0 Å². The molecule has 12 heavy (non-hydrogen) atoms. The molecule has 0 spiro atoms. The Balaban J connectivity index is 2.94. The van der Waals surface area contributed by atoms with Crippen molar-refractivity contribution in [1.29, 1.82) is 5.26 Å². The largest absolute Gasteiger partial charge is 0.379 e. The van der Waals surface area contributed by atoms with Crippen LogP contribution in [0, 0.1) is 11.3 Å². The smallest absolute Gasteiger partial charge is 0.106 e. The molecule has 1 rings (SSSR count). The second-order valence-electron chi connectivity index (χ2n) is 2.27. The van der Waals surface area contributed by atoms with Crippen molar-refractivity contribution >= 4 is 17.2 Å². The number of benzene rings is 1. The summed E-state index contributed by atoms with van der Waals surface area (Å²) in [4.78, 5) is 0.694. The Morgan fingerprint density at radius 3 is 2.42 bits per heavy atom. The van der Waals surface area contributed by atoms with E-state index in [0.717, 1.165) is 5.56 Å². The quantitative estimate of drug-likeness (QED) is 0.658. The monoisotopic (exact) mass is 176 g/mol. The van der Waals surface area contributed by atoms with Crippen molar-refractivity contribution in [2.75, 3.05) is 7.05 Å². The molecule has 1 N–H and O–H groups in total. The number of nitrogens with zero attached hydrogens (tertiary/aromatic N) is 1. The van der Waals surface area contributed by atoms with E-state index in [4.69, 9.17) is 17.5 Å². The first-order valence-electron chi connectivity index (χ1n) is 3.50. The van der Waals surface area contributed by atoms with Gasteiger partial charge in [0, 0.05) is 12.6 Å². The maximum Gasteiger partial charge on any atom is 0.106 e. The van der Waals surface area contributed by atoms with E-state index < -0.39 is 0 Å². The third-order valence-corrected chi connectivity index (χ3v) is 1.94. The van der Waals surface area contributed by atoms with Crippen LogP contribution >= 0.6 is 12.2 Å². The van der Waals surface area contributed by atoms with Gasteiger partial charge in [-0.2, -0.15) is 5.26 Å². The zero-order valence-corrected chi connectivity index (χ0v) is 7.48. The second kappa shape index (κ2) is 3.84. The van der Waals surface area contributed by atoms with E-state index in [1.54, 1.807) is 19.2 Å². The van der Waals surface area contributed by atoms with Gasteiger partial charge in [-0.15, -0.1) is 0 Å². The molecule has 0 aliphatic carbocycles. The average Bonchev–Trinajstić information content (AvgIpc) is 2.17. The molecule has 0 atom stereocenters. The first-order valence-corrected chi connectivity index (χ1v) is 3.91. The molecule has 1 aromatic carbocycles. The van der Waals surface area contributed by atoms with Crippen molar-refractivity contribution < 1.29 is 0 Å². The summed E-state index contributed by atoms with van der Waals surface area (Å²) in [7, 11) is 1.78. The molecule has 0 aromatic heterocycles. The lowest BCUT2D eigenvalue weighted by Gasteiger charge is -2.01. The van der Waals surface area contributed by atoms with Crippen molar-refractivity contribution in [2.24, 2.45) is 0 Å². The third-order valence-electron chi connectivity index (χ3n) is 1.50. The van der Waals surface area contributed by atoms with Crippen LogP contribution in [0.25, 0.3) is 0 Å². The van der Waals surface area contributed by atoms with Crippen molar-refractivity contribution in [2.45, 2.75) is 0 Å². The highest BCUT2D eigenvalue weighted by molar-refractivity contribution is 7.80. The molecule has 0 aliphatic heterocycles. The highest BCUT2D eigenvalue weighted by Gasteiger charge is 1.96. The normalized spacial score (nSPS) is 8.67. The van der Waals surface area contributed by atoms with Crippen LogP contribution in [0.1, 0.15) is 11.1 Å². The number of hydrogen-bond acceptors (Lipinski definition) is 2. The first kappa shape index (κ1) is 8.69. The van der Waals surface area contributed by atoms with E-state index in [9.17, 15) is 0 Å². The minimum Gasteiger partial charge on any atom is -0.379 e. The van der Waals surface area contributed by atoms with Crippen LogP contribution < -0.4 is 5.32 Å². The van der Waals surface area contributed by atoms with Gasteiger partial charge in [0.1, 0.15) is 4.99 Å². The highest BCUT2D eigenvalue weighted by atomic mass is 32.1. The molecule has 0 amide bonds. The highest BCUT2D eigenvalue weighted by Crippen LogP contribution is 2.03. The van der Waals surface area contributed by atoms with Crippen molar-refractivity contribution in [3.05, 3.63) is 35.4 Å². The second-order valence-corrected chi connectivity index (χ2v) is 2.68. The number of thiocarbonyl (C=S) groups is 1. The minimum atomic E-state index is 0.651.